The Balaban J connectivity index is 1.87. The van der Waals surface area contributed by atoms with Crippen LogP contribution in [0.1, 0.15) is 13.3 Å². The van der Waals surface area contributed by atoms with Crippen molar-refractivity contribution < 1.29 is 23.0 Å². The van der Waals surface area contributed by atoms with Gasteiger partial charge in [-0.25, -0.2) is 13.6 Å². The van der Waals surface area contributed by atoms with Gasteiger partial charge in [-0.2, -0.15) is 0 Å². The van der Waals surface area contributed by atoms with E-state index in [1.807, 2.05) is 6.92 Å². The molecule has 2 aliphatic heterocycles. The molecule has 0 saturated carbocycles. The van der Waals surface area contributed by atoms with E-state index < -0.39 is 17.7 Å². The van der Waals surface area contributed by atoms with E-state index >= 15 is 0 Å². The summed E-state index contributed by atoms with van der Waals surface area (Å²) >= 11 is 0. The van der Waals surface area contributed by atoms with Crippen LogP contribution in [0.25, 0.3) is 0 Å². The summed E-state index contributed by atoms with van der Waals surface area (Å²) in [6.07, 6.45) is -0.138. The first-order valence-corrected chi connectivity index (χ1v) is 7.40. The van der Waals surface area contributed by atoms with Crippen LogP contribution in [0.4, 0.5) is 25.0 Å². The molecule has 0 aliphatic carbocycles. The average molecular weight is 312 g/mol. The molecule has 0 radical (unpaired) electrons. The second-order valence-electron chi connectivity index (χ2n) is 5.38. The highest BCUT2D eigenvalue weighted by Crippen LogP contribution is 2.31. The van der Waals surface area contributed by atoms with E-state index in [1.54, 1.807) is 4.90 Å². The lowest BCUT2D eigenvalue weighted by molar-refractivity contribution is 0.122. The second-order valence-corrected chi connectivity index (χ2v) is 5.38. The Bertz CT molecular complexity index is 553. The van der Waals surface area contributed by atoms with Crippen molar-refractivity contribution in [1.82, 2.24) is 0 Å². The molecule has 22 heavy (non-hydrogen) atoms. The minimum Gasteiger partial charge on any atom is -0.444 e. The zero-order chi connectivity index (χ0) is 15.7. The first-order chi connectivity index (χ1) is 10.6. The number of cyclic esters (lactones) is 1. The van der Waals surface area contributed by atoms with Gasteiger partial charge in [0.05, 0.1) is 25.4 Å². The minimum absolute atomic E-state index is 0.0633. The summed E-state index contributed by atoms with van der Waals surface area (Å²) in [6, 6.07) is 2.38. The van der Waals surface area contributed by atoms with Crippen molar-refractivity contribution >= 4 is 17.5 Å². The lowest BCUT2D eigenvalue weighted by Gasteiger charge is -2.29. The van der Waals surface area contributed by atoms with Gasteiger partial charge >= 0.3 is 6.09 Å². The fourth-order valence-electron chi connectivity index (χ4n) is 2.74. The van der Waals surface area contributed by atoms with Crippen LogP contribution < -0.4 is 9.80 Å². The van der Waals surface area contributed by atoms with E-state index in [4.69, 9.17) is 9.47 Å². The monoisotopic (exact) mass is 312 g/mol. The Kier molecular flexibility index (Phi) is 4.15. The van der Waals surface area contributed by atoms with Crippen LogP contribution >= 0.6 is 0 Å². The van der Waals surface area contributed by atoms with Crippen molar-refractivity contribution in [1.29, 1.82) is 0 Å². The van der Waals surface area contributed by atoms with Gasteiger partial charge in [-0.15, -0.1) is 0 Å². The normalized spacial score (nSPS) is 22.1. The predicted octanol–water partition coefficient (Wildman–Crippen LogP) is 2.54. The predicted molar refractivity (Wildman–Crippen MR) is 77.3 cm³/mol. The molecule has 1 atom stereocenters. The first kappa shape index (κ1) is 15.0. The van der Waals surface area contributed by atoms with E-state index in [9.17, 15) is 13.6 Å². The Morgan fingerprint density at radius 1 is 1.23 bits per heavy atom. The molecule has 0 spiro atoms. The molecule has 1 aromatic rings. The summed E-state index contributed by atoms with van der Waals surface area (Å²) in [4.78, 5) is 14.7. The number of morpholine rings is 1. The van der Waals surface area contributed by atoms with E-state index in [2.05, 4.69) is 0 Å². The third-order valence-electron chi connectivity index (χ3n) is 3.97. The Labute approximate surface area is 127 Å². The lowest BCUT2D eigenvalue weighted by Crippen LogP contribution is -2.37. The maximum atomic E-state index is 14.4. The molecule has 2 saturated heterocycles. The molecule has 5 nitrogen and oxygen atoms in total. The molecule has 0 bridgehead atoms. The van der Waals surface area contributed by atoms with Crippen molar-refractivity contribution in [2.75, 3.05) is 42.6 Å². The highest BCUT2D eigenvalue weighted by molar-refractivity contribution is 5.90. The Hall–Kier alpha value is -1.89. The van der Waals surface area contributed by atoms with Gasteiger partial charge in [-0.3, -0.25) is 4.90 Å². The van der Waals surface area contributed by atoms with Crippen molar-refractivity contribution in [2.24, 2.45) is 0 Å². The highest BCUT2D eigenvalue weighted by Gasteiger charge is 2.32. The maximum Gasteiger partial charge on any atom is 0.414 e. The van der Waals surface area contributed by atoms with Gasteiger partial charge in [0.25, 0.3) is 0 Å². The zero-order valence-electron chi connectivity index (χ0n) is 12.3. The van der Waals surface area contributed by atoms with Crippen molar-refractivity contribution in [3.63, 3.8) is 0 Å². The molecule has 0 unspecified atom stereocenters. The second kappa shape index (κ2) is 6.08. The van der Waals surface area contributed by atoms with Crippen molar-refractivity contribution in [2.45, 2.75) is 19.4 Å². The number of carbonyl (C=O) groups excluding carboxylic acids is 1. The summed E-state index contributed by atoms with van der Waals surface area (Å²) in [5.41, 5.74) is 0.125. The van der Waals surface area contributed by atoms with E-state index in [-0.39, 0.29) is 17.5 Å². The summed E-state index contributed by atoms with van der Waals surface area (Å²) in [5.74, 6) is -1.35. The van der Waals surface area contributed by atoms with Crippen LogP contribution in [0, 0.1) is 11.6 Å². The van der Waals surface area contributed by atoms with Crippen LogP contribution in [-0.2, 0) is 9.47 Å². The molecule has 2 heterocycles. The molecule has 0 aromatic heterocycles. The fraction of sp³-hybridized carbons (Fsp3) is 0.533. The van der Waals surface area contributed by atoms with Gasteiger partial charge in [0.15, 0.2) is 11.6 Å². The number of halogens is 2. The summed E-state index contributed by atoms with van der Waals surface area (Å²) in [5, 5.41) is 0. The molecule has 0 N–H and O–H groups in total. The number of ether oxygens (including phenoxy) is 2. The van der Waals surface area contributed by atoms with Crippen LogP contribution in [0.5, 0.6) is 0 Å². The van der Waals surface area contributed by atoms with E-state index in [1.165, 1.54) is 17.0 Å². The fourth-order valence-corrected chi connectivity index (χ4v) is 2.74. The van der Waals surface area contributed by atoms with Gasteiger partial charge < -0.3 is 14.4 Å². The molecule has 120 valence electrons. The minimum atomic E-state index is -0.676. The molecule has 1 aromatic carbocycles. The van der Waals surface area contributed by atoms with Gasteiger partial charge in [-0.1, -0.05) is 6.92 Å². The Morgan fingerprint density at radius 2 is 1.86 bits per heavy atom. The SMILES string of the molecule is CC[C@H]1CN(c2cc(F)c(N3CCOCC3)c(F)c2)C(=O)O1. The van der Waals surface area contributed by atoms with Crippen LogP contribution in [-0.4, -0.2) is 45.0 Å². The molecule has 2 aliphatic rings. The number of hydrogen-bond donors (Lipinski definition) is 0. The summed E-state index contributed by atoms with van der Waals surface area (Å²) in [6.45, 7) is 3.97. The molecule has 3 rings (SSSR count). The third kappa shape index (κ3) is 2.72. The molecule has 7 heteroatoms. The first-order valence-electron chi connectivity index (χ1n) is 7.40. The van der Waals surface area contributed by atoms with Crippen molar-refractivity contribution in [3.8, 4) is 0 Å². The van der Waals surface area contributed by atoms with Crippen LogP contribution in [0.3, 0.4) is 0 Å². The van der Waals surface area contributed by atoms with Crippen LogP contribution in [0.15, 0.2) is 12.1 Å². The quantitative estimate of drug-likeness (QED) is 0.860. The standard InChI is InChI=1S/C15H18F2N2O3/c1-2-11-9-19(15(20)22-11)10-7-12(16)14(13(17)8-10)18-3-5-21-6-4-18/h7-8,11H,2-6,9H2,1H3/t11-/m0/s1. The lowest BCUT2D eigenvalue weighted by atomic mass is 10.2. The number of benzene rings is 1. The van der Waals surface area contributed by atoms with Gasteiger partial charge in [-0.05, 0) is 6.42 Å². The largest absolute Gasteiger partial charge is 0.444 e. The molecule has 2 fully saturated rings. The number of carbonyl (C=O) groups is 1. The number of anilines is 2. The van der Waals surface area contributed by atoms with Gasteiger partial charge in [0.2, 0.25) is 0 Å². The number of amides is 1. The highest BCUT2D eigenvalue weighted by atomic mass is 19.1. The van der Waals surface area contributed by atoms with Crippen molar-refractivity contribution in [3.05, 3.63) is 23.8 Å². The van der Waals surface area contributed by atoms with Crippen LogP contribution in [0.2, 0.25) is 0 Å². The maximum absolute atomic E-state index is 14.4. The number of hydrogen-bond acceptors (Lipinski definition) is 4. The topological polar surface area (TPSA) is 42.0 Å². The van der Waals surface area contributed by atoms with E-state index in [0.717, 1.165) is 0 Å². The van der Waals surface area contributed by atoms with Gasteiger partial charge in [0, 0.05) is 25.2 Å². The molecular weight excluding hydrogens is 294 g/mol. The molecular formula is C15H18F2N2O3. The summed E-state index contributed by atoms with van der Waals surface area (Å²) in [7, 11) is 0. The number of nitrogens with zero attached hydrogens (tertiary/aromatic N) is 2. The Morgan fingerprint density at radius 3 is 2.41 bits per heavy atom. The third-order valence-corrected chi connectivity index (χ3v) is 3.97. The average Bonchev–Trinajstić information content (AvgIpc) is 2.89. The van der Waals surface area contributed by atoms with E-state index in [0.29, 0.717) is 39.3 Å². The number of rotatable bonds is 3. The summed E-state index contributed by atoms with van der Waals surface area (Å²) < 4.78 is 39.0. The smallest absolute Gasteiger partial charge is 0.414 e. The zero-order valence-corrected chi connectivity index (χ0v) is 12.3. The molecule has 1 amide bonds. The van der Waals surface area contributed by atoms with Gasteiger partial charge in [0.1, 0.15) is 11.8 Å².